The van der Waals surface area contributed by atoms with E-state index in [-0.39, 0.29) is 122 Å². The average molecular weight is 1380 g/mol. The second-order valence-electron chi connectivity index (χ2n) is 29.9. The van der Waals surface area contributed by atoms with Gasteiger partial charge < -0.3 is 81.6 Å². The van der Waals surface area contributed by atoms with Crippen LogP contribution in [-0.2, 0) is 54.4 Å². The van der Waals surface area contributed by atoms with Gasteiger partial charge >= 0.3 is 0 Å². The van der Waals surface area contributed by atoms with Gasteiger partial charge in [0.25, 0.3) is 0 Å². The molecule has 1 aromatic rings. The molecule has 13 atom stereocenters. The fourth-order valence-corrected chi connectivity index (χ4v) is 14.6. The minimum absolute atomic E-state index is 0.000336. The van der Waals surface area contributed by atoms with Crippen LogP contribution in [0.3, 0.4) is 0 Å². The molecule has 98 heavy (non-hydrogen) atoms. The third-order valence-electron chi connectivity index (χ3n) is 19.3. The van der Waals surface area contributed by atoms with E-state index in [0.29, 0.717) is 129 Å². The molecule has 3 saturated carbocycles. The fourth-order valence-electron chi connectivity index (χ4n) is 14.6. The molecule has 25 heteroatoms. The Morgan fingerprint density at radius 2 is 0.694 bits per heavy atom. The number of nitrogens with two attached hydrogens (primary N) is 5. The summed E-state index contributed by atoms with van der Waals surface area (Å²) in [5.74, 6) is -4.13. The van der Waals surface area contributed by atoms with Crippen LogP contribution < -0.4 is 76.5 Å². The van der Waals surface area contributed by atoms with E-state index in [1.165, 1.54) is 0 Å². The molecule has 10 amide bonds. The summed E-state index contributed by atoms with van der Waals surface area (Å²) < 4.78 is 0. The maximum atomic E-state index is 14.4. The highest BCUT2D eigenvalue weighted by atomic mass is 16.3. The Bertz CT molecular complexity index is 2610. The predicted octanol–water partition coefficient (Wildman–Crippen LogP) is 4.94. The first-order chi connectivity index (χ1) is 46.7. The van der Waals surface area contributed by atoms with Crippen LogP contribution >= 0.6 is 0 Å². The Hall–Kier alpha value is -6.44. The summed E-state index contributed by atoms with van der Waals surface area (Å²) in [5, 5.41) is 37.7. The molecule has 556 valence electrons. The first kappa shape index (κ1) is 84.0. The molecule has 0 spiro atoms. The number of amides is 10. The normalized spacial score (nSPS) is 20.9. The van der Waals surface area contributed by atoms with Gasteiger partial charge in [0.1, 0.15) is 5.75 Å². The average Bonchev–Trinajstić information content (AvgIpc) is 0.871. The van der Waals surface area contributed by atoms with Crippen molar-refractivity contribution < 1.29 is 53.1 Å². The van der Waals surface area contributed by atoms with E-state index < -0.39 is 84.1 Å². The molecule has 0 bridgehead atoms. The molecule has 3 aliphatic carbocycles. The molecule has 1 aromatic carbocycles. The quantitative estimate of drug-likeness (QED) is 0.0385. The van der Waals surface area contributed by atoms with Gasteiger partial charge in [-0.05, 0) is 158 Å². The number of aromatic hydroxyl groups is 1. The van der Waals surface area contributed by atoms with Crippen LogP contribution in [0.25, 0.3) is 0 Å². The number of phenolic OH excluding ortho intramolecular Hbond substituents is 1. The SMILES string of the molecule is CC(C)C[C@@H](CC(=O)N[C@@H](CCCCN)CC(=O)N[C@H]1CCCC[C@@H]1C(=O)N[C@H](CC(=O)N[C@@H](CCCCN)CC(=O)N[C@H]1CCCC[C@@H]1C(=O)N[C@H](CC(=O)N[C@@H](CCCCN)CC(N)=O)CC(C)C)CC(C)C)NC(=O)[C@H]1CCCC[C@@H]1NC(=O)C[C@@H](N)Cc1ccc(O)cc1. The summed E-state index contributed by atoms with van der Waals surface area (Å²) in [6, 6.07) is 1.77. The predicted molar refractivity (Wildman–Crippen MR) is 382 cm³/mol. The summed E-state index contributed by atoms with van der Waals surface area (Å²) in [6.07, 6.45) is 15.9. The number of hydrogen-bond donors (Lipinski definition) is 15. The monoisotopic (exact) mass is 1380 g/mol. The summed E-state index contributed by atoms with van der Waals surface area (Å²) in [5.41, 5.74) is 30.2. The number of benzene rings is 1. The number of carbonyl (C=O) groups is 10. The van der Waals surface area contributed by atoms with E-state index in [1.54, 1.807) is 24.3 Å². The van der Waals surface area contributed by atoms with Crippen LogP contribution in [0.2, 0.25) is 0 Å². The lowest BCUT2D eigenvalue weighted by molar-refractivity contribution is -0.131. The molecule has 25 nitrogen and oxygen atoms in total. The highest BCUT2D eigenvalue weighted by molar-refractivity contribution is 5.87. The van der Waals surface area contributed by atoms with Crippen LogP contribution in [-0.4, -0.2) is 144 Å². The Kier molecular flexibility index (Phi) is 39.5. The van der Waals surface area contributed by atoms with E-state index in [4.69, 9.17) is 28.7 Å². The zero-order valence-electron chi connectivity index (χ0n) is 60.2. The van der Waals surface area contributed by atoms with Gasteiger partial charge in [-0.2, -0.15) is 0 Å². The Morgan fingerprint density at radius 1 is 0.398 bits per heavy atom. The van der Waals surface area contributed by atoms with Crippen molar-refractivity contribution in [2.24, 2.45) is 64.2 Å². The van der Waals surface area contributed by atoms with E-state index >= 15 is 0 Å². The molecule has 0 unspecified atom stereocenters. The van der Waals surface area contributed by atoms with E-state index in [1.807, 2.05) is 41.5 Å². The third-order valence-corrected chi connectivity index (χ3v) is 19.3. The topological polar surface area (TPSA) is 429 Å². The maximum Gasteiger partial charge on any atom is 0.225 e. The largest absolute Gasteiger partial charge is 0.508 e. The van der Waals surface area contributed by atoms with Gasteiger partial charge in [-0.1, -0.05) is 111 Å². The van der Waals surface area contributed by atoms with Gasteiger partial charge in [-0.25, -0.2) is 0 Å². The van der Waals surface area contributed by atoms with E-state index in [0.717, 1.165) is 56.9 Å². The van der Waals surface area contributed by atoms with Crippen molar-refractivity contribution >= 4 is 59.1 Å². The number of phenols is 1. The number of hydrogen-bond acceptors (Lipinski definition) is 15. The van der Waals surface area contributed by atoms with Crippen molar-refractivity contribution in [1.82, 2.24) is 47.9 Å². The van der Waals surface area contributed by atoms with Crippen molar-refractivity contribution in [3.63, 3.8) is 0 Å². The molecule has 0 saturated heterocycles. The summed E-state index contributed by atoms with van der Waals surface area (Å²) >= 11 is 0. The van der Waals surface area contributed by atoms with E-state index in [9.17, 15) is 53.1 Å². The van der Waals surface area contributed by atoms with Crippen LogP contribution in [0.15, 0.2) is 24.3 Å². The van der Waals surface area contributed by atoms with Crippen molar-refractivity contribution in [3.8, 4) is 5.75 Å². The molecule has 3 fully saturated rings. The Labute approximate surface area is 584 Å². The molecule has 3 aliphatic rings. The second kappa shape index (κ2) is 46.1. The van der Waals surface area contributed by atoms with Gasteiger partial charge in [0.05, 0.1) is 17.8 Å². The van der Waals surface area contributed by atoms with Crippen LogP contribution in [0.1, 0.15) is 246 Å². The van der Waals surface area contributed by atoms with Gasteiger partial charge in [0, 0.05) is 105 Å². The van der Waals surface area contributed by atoms with Crippen LogP contribution in [0.5, 0.6) is 5.75 Å². The van der Waals surface area contributed by atoms with Crippen LogP contribution in [0, 0.1) is 35.5 Å². The first-order valence-corrected chi connectivity index (χ1v) is 37.3. The lowest BCUT2D eigenvalue weighted by Gasteiger charge is -2.34. The third kappa shape index (κ3) is 34.1. The minimum atomic E-state index is -0.578. The fraction of sp³-hybridized carbons (Fsp3) is 0.781. The van der Waals surface area contributed by atoms with Crippen molar-refractivity contribution in [2.75, 3.05) is 19.6 Å². The molecule has 0 aliphatic heterocycles. The van der Waals surface area contributed by atoms with Crippen LogP contribution in [0.4, 0.5) is 0 Å². The van der Waals surface area contributed by atoms with Gasteiger partial charge in [0.15, 0.2) is 0 Å². The van der Waals surface area contributed by atoms with Crippen molar-refractivity contribution in [1.29, 1.82) is 0 Å². The van der Waals surface area contributed by atoms with Gasteiger partial charge in [-0.15, -0.1) is 0 Å². The Balaban J connectivity index is 1.36. The molecular weight excluding hydrogens is 1250 g/mol. The molecule has 0 radical (unpaired) electrons. The van der Waals surface area contributed by atoms with Gasteiger partial charge in [-0.3, -0.25) is 47.9 Å². The van der Waals surface area contributed by atoms with E-state index in [2.05, 4.69) is 47.9 Å². The summed E-state index contributed by atoms with van der Waals surface area (Å²) in [4.78, 5) is 138. The molecule has 0 heterocycles. The lowest BCUT2D eigenvalue weighted by Crippen LogP contribution is -2.53. The minimum Gasteiger partial charge on any atom is -0.508 e. The zero-order valence-corrected chi connectivity index (χ0v) is 60.2. The highest BCUT2D eigenvalue weighted by Gasteiger charge is 2.38. The Morgan fingerprint density at radius 3 is 1.00 bits per heavy atom. The molecule has 0 aromatic heterocycles. The number of nitrogens with one attached hydrogen (secondary N) is 9. The van der Waals surface area contributed by atoms with Crippen molar-refractivity contribution in [3.05, 3.63) is 29.8 Å². The number of primary amides is 1. The number of carbonyl (C=O) groups excluding carboxylic acids is 10. The van der Waals surface area contributed by atoms with Crippen molar-refractivity contribution in [2.45, 2.75) is 307 Å². The smallest absolute Gasteiger partial charge is 0.225 e. The number of unbranched alkanes of at least 4 members (excludes halogenated alkanes) is 3. The molecule has 20 N–H and O–H groups in total. The summed E-state index contributed by atoms with van der Waals surface area (Å²) in [7, 11) is 0. The van der Waals surface area contributed by atoms with Gasteiger partial charge in [0.2, 0.25) is 59.1 Å². The summed E-state index contributed by atoms with van der Waals surface area (Å²) in [6.45, 7) is 13.5. The number of rotatable bonds is 46. The standard InChI is InChI=1S/C73H128N14O11/c1-46(2)35-54(43-66(91)79-51(40-64(78)89)19-13-16-32-74)82-72(97)59-23-8-11-26-62(59)86-69(94)42-53(21-15-18-34-76)81-68(93)45-56(37-48(5)6)84-73(98)60-24-9-12-27-63(60)87-70(95)41-52(20-14-17-33-75)80-67(92)44-55(36-47(3)4)83-71(96)58-22-7-10-25-61(58)85-65(90)39-50(77)38-49-28-30-57(88)31-29-49/h28-31,46-48,50-56,58-63,88H,7-27,32-45,74-77H2,1-6H3,(H2,78,89)(H,79,91)(H,80,92)(H,81,93)(H,82,97)(H,83,96)(H,84,98)(H,85,90)(H,86,94)(H,87,95)/t50-,51-,52-,53-,54-,55-,56-,58-,59-,60-,61-,62-,63-/m0/s1. The first-order valence-electron chi connectivity index (χ1n) is 37.3. The maximum absolute atomic E-state index is 14.4. The lowest BCUT2D eigenvalue weighted by atomic mass is 9.83. The highest BCUT2D eigenvalue weighted by Crippen LogP contribution is 2.29. The zero-order chi connectivity index (χ0) is 72.1. The molecule has 4 rings (SSSR count). The molecular formula is C73H128N14O11. The second-order valence-corrected chi connectivity index (χ2v) is 29.9.